The van der Waals surface area contributed by atoms with Crippen molar-refractivity contribution >= 4 is 11.8 Å². The van der Waals surface area contributed by atoms with E-state index >= 15 is 0 Å². The molecular weight excluding hydrogens is 354 g/mol. The van der Waals surface area contributed by atoms with Gasteiger partial charge in [0.1, 0.15) is 11.6 Å². The Kier molecular flexibility index (Phi) is 5.83. The summed E-state index contributed by atoms with van der Waals surface area (Å²) >= 11 is 0. The quantitative estimate of drug-likeness (QED) is 0.760. The van der Waals surface area contributed by atoms with Crippen molar-refractivity contribution in [1.82, 2.24) is 20.4 Å². The van der Waals surface area contributed by atoms with Crippen LogP contribution in [-0.2, 0) is 24.2 Å². The second-order valence-electron chi connectivity index (χ2n) is 6.62. The van der Waals surface area contributed by atoms with Crippen molar-refractivity contribution in [1.29, 1.82) is 0 Å². The van der Waals surface area contributed by atoms with Gasteiger partial charge in [0.15, 0.2) is 5.69 Å². The van der Waals surface area contributed by atoms with E-state index in [2.05, 4.69) is 15.5 Å². The Balaban J connectivity index is 1.70. The molecule has 0 unspecified atom stereocenters. The molecule has 0 saturated heterocycles. The van der Waals surface area contributed by atoms with E-state index in [0.29, 0.717) is 25.1 Å². The number of hydrogen-bond acceptors (Lipinski definition) is 3. The molecule has 0 radical (unpaired) electrons. The maximum absolute atomic E-state index is 13.8. The Hall–Kier alpha value is -2.77. The van der Waals surface area contributed by atoms with Gasteiger partial charge in [-0.3, -0.25) is 14.7 Å². The van der Waals surface area contributed by atoms with Crippen molar-refractivity contribution in [2.45, 2.75) is 39.2 Å². The van der Waals surface area contributed by atoms with Crippen LogP contribution in [0.4, 0.5) is 8.78 Å². The second kappa shape index (κ2) is 8.28. The molecule has 2 heterocycles. The molecule has 1 aliphatic rings. The Morgan fingerprint density at radius 3 is 2.93 bits per heavy atom. The van der Waals surface area contributed by atoms with E-state index in [-0.39, 0.29) is 36.0 Å². The molecule has 1 aromatic carbocycles. The number of H-pyrrole nitrogens is 1. The lowest BCUT2D eigenvalue weighted by Gasteiger charge is -2.27. The summed E-state index contributed by atoms with van der Waals surface area (Å²) in [6, 6.07) is 3.07. The molecule has 6 nitrogen and oxygen atoms in total. The maximum Gasteiger partial charge on any atom is 0.272 e. The topological polar surface area (TPSA) is 78.1 Å². The third-order valence-corrected chi connectivity index (χ3v) is 4.67. The first-order chi connectivity index (χ1) is 13.0. The van der Waals surface area contributed by atoms with Crippen LogP contribution in [0.3, 0.4) is 0 Å². The summed E-state index contributed by atoms with van der Waals surface area (Å²) in [5, 5.41) is 9.78. The predicted octanol–water partition coefficient (Wildman–Crippen LogP) is 2.35. The van der Waals surface area contributed by atoms with E-state index in [1.165, 1.54) is 0 Å². The van der Waals surface area contributed by atoms with Crippen molar-refractivity contribution in [3.05, 3.63) is 52.3 Å². The number of fused-ring (bicyclic) bond motifs is 1. The average Bonchev–Trinajstić information content (AvgIpc) is 3.08. The monoisotopic (exact) mass is 376 g/mol. The molecule has 0 aliphatic carbocycles. The number of nitrogens with zero attached hydrogens (tertiary/aromatic N) is 2. The summed E-state index contributed by atoms with van der Waals surface area (Å²) in [7, 11) is 0. The minimum Gasteiger partial charge on any atom is -0.351 e. The lowest BCUT2D eigenvalue weighted by molar-refractivity contribution is -0.131. The molecule has 144 valence electrons. The molecule has 0 saturated carbocycles. The van der Waals surface area contributed by atoms with Gasteiger partial charge < -0.3 is 10.2 Å². The zero-order valence-corrected chi connectivity index (χ0v) is 15.1. The van der Waals surface area contributed by atoms with E-state index in [1.807, 2.05) is 6.92 Å². The van der Waals surface area contributed by atoms with Gasteiger partial charge in [-0.1, -0.05) is 13.3 Å². The van der Waals surface area contributed by atoms with Gasteiger partial charge in [-0.2, -0.15) is 5.10 Å². The zero-order valence-electron chi connectivity index (χ0n) is 15.1. The fourth-order valence-corrected chi connectivity index (χ4v) is 3.11. The first-order valence-electron chi connectivity index (χ1n) is 9.05. The third-order valence-electron chi connectivity index (χ3n) is 4.67. The molecule has 2 N–H and O–H groups in total. The van der Waals surface area contributed by atoms with Crippen LogP contribution < -0.4 is 5.32 Å². The number of carbonyl (C=O) groups is 2. The van der Waals surface area contributed by atoms with E-state index in [9.17, 15) is 18.4 Å². The van der Waals surface area contributed by atoms with Gasteiger partial charge in [0.25, 0.3) is 5.91 Å². The average molecular weight is 376 g/mol. The van der Waals surface area contributed by atoms with Crippen molar-refractivity contribution in [3.63, 3.8) is 0 Å². The molecule has 0 atom stereocenters. The molecule has 8 heteroatoms. The summed E-state index contributed by atoms with van der Waals surface area (Å²) in [5.41, 5.74) is 1.83. The van der Waals surface area contributed by atoms with E-state index < -0.39 is 11.6 Å². The minimum atomic E-state index is -0.609. The molecule has 1 aliphatic heterocycles. The summed E-state index contributed by atoms with van der Waals surface area (Å²) in [6.07, 6.45) is 2.15. The molecule has 2 amide bonds. The van der Waals surface area contributed by atoms with Gasteiger partial charge in [0.05, 0.1) is 6.42 Å². The van der Waals surface area contributed by atoms with Crippen LogP contribution in [-0.4, -0.2) is 40.0 Å². The highest BCUT2D eigenvalue weighted by molar-refractivity contribution is 5.94. The summed E-state index contributed by atoms with van der Waals surface area (Å²) in [4.78, 5) is 26.4. The van der Waals surface area contributed by atoms with Crippen molar-refractivity contribution in [3.8, 4) is 0 Å². The number of hydrogen-bond donors (Lipinski definition) is 2. The van der Waals surface area contributed by atoms with Gasteiger partial charge in [-0.25, -0.2) is 8.78 Å². The number of rotatable bonds is 6. The lowest BCUT2D eigenvalue weighted by atomic mass is 10.0. The predicted molar refractivity (Wildman–Crippen MR) is 95.0 cm³/mol. The van der Waals surface area contributed by atoms with Gasteiger partial charge in [0, 0.05) is 42.9 Å². The first-order valence-corrected chi connectivity index (χ1v) is 9.05. The van der Waals surface area contributed by atoms with Crippen LogP contribution in [0.5, 0.6) is 0 Å². The van der Waals surface area contributed by atoms with E-state index in [4.69, 9.17) is 0 Å². The number of amides is 2. The molecule has 0 fully saturated rings. The van der Waals surface area contributed by atoms with Crippen LogP contribution in [0, 0.1) is 11.6 Å². The highest BCUT2D eigenvalue weighted by Gasteiger charge is 2.28. The highest BCUT2D eigenvalue weighted by Crippen LogP contribution is 2.22. The van der Waals surface area contributed by atoms with Crippen LogP contribution in [0.25, 0.3) is 0 Å². The Bertz CT molecular complexity index is 850. The minimum absolute atomic E-state index is 0.0236. The fourth-order valence-electron chi connectivity index (χ4n) is 3.11. The number of unbranched alkanes of at least 4 members (excludes halogenated alkanes) is 1. The summed E-state index contributed by atoms with van der Waals surface area (Å²) in [6.45, 7) is 3.26. The van der Waals surface area contributed by atoms with E-state index in [0.717, 1.165) is 36.7 Å². The van der Waals surface area contributed by atoms with Gasteiger partial charge in [-0.15, -0.1) is 0 Å². The zero-order chi connectivity index (χ0) is 19.4. The van der Waals surface area contributed by atoms with Crippen LogP contribution in [0.15, 0.2) is 18.2 Å². The Labute approximate surface area is 155 Å². The van der Waals surface area contributed by atoms with Crippen LogP contribution in [0.2, 0.25) is 0 Å². The van der Waals surface area contributed by atoms with Gasteiger partial charge >= 0.3 is 0 Å². The number of aromatic amines is 1. The fraction of sp³-hybridized carbons (Fsp3) is 0.421. The molecule has 1 aromatic heterocycles. The van der Waals surface area contributed by atoms with Gasteiger partial charge in [0.2, 0.25) is 5.91 Å². The van der Waals surface area contributed by atoms with Gasteiger partial charge in [-0.05, 0) is 24.6 Å². The smallest absolute Gasteiger partial charge is 0.272 e. The number of halogens is 2. The van der Waals surface area contributed by atoms with Crippen molar-refractivity contribution < 1.29 is 18.4 Å². The van der Waals surface area contributed by atoms with Crippen molar-refractivity contribution in [2.24, 2.45) is 0 Å². The van der Waals surface area contributed by atoms with Crippen LogP contribution >= 0.6 is 0 Å². The lowest BCUT2D eigenvalue weighted by Crippen LogP contribution is -2.38. The summed E-state index contributed by atoms with van der Waals surface area (Å²) in [5.74, 6) is -1.78. The molecule has 3 rings (SSSR count). The largest absolute Gasteiger partial charge is 0.351 e. The SMILES string of the molecule is CCCCNC(=O)c1n[nH]c2c1CN(C(=O)Cc1cc(F)ccc1F)CC2. The molecule has 2 aromatic rings. The maximum atomic E-state index is 13.8. The summed E-state index contributed by atoms with van der Waals surface area (Å²) < 4.78 is 27.1. The third kappa shape index (κ3) is 4.32. The molecular formula is C19H22F2N4O2. The van der Waals surface area contributed by atoms with Crippen LogP contribution in [0.1, 0.15) is 47.1 Å². The molecule has 0 spiro atoms. The number of benzene rings is 1. The number of carbonyl (C=O) groups excluding carboxylic acids is 2. The molecule has 27 heavy (non-hydrogen) atoms. The first kappa shape index (κ1) is 19.0. The number of aromatic nitrogens is 2. The standard InChI is InChI=1S/C19H22F2N4O2/c1-2-3-7-22-19(27)18-14-11-25(8-6-16(14)23-24-18)17(26)10-12-9-13(20)4-5-15(12)21/h4-5,9H,2-3,6-8,10-11H2,1H3,(H,22,27)(H,23,24). The normalized spacial score (nSPS) is 13.4. The highest BCUT2D eigenvalue weighted by atomic mass is 19.1. The second-order valence-corrected chi connectivity index (χ2v) is 6.62. The Morgan fingerprint density at radius 2 is 2.15 bits per heavy atom. The van der Waals surface area contributed by atoms with Crippen molar-refractivity contribution in [2.75, 3.05) is 13.1 Å². The Morgan fingerprint density at radius 1 is 1.33 bits per heavy atom. The number of nitrogens with one attached hydrogen (secondary N) is 2. The van der Waals surface area contributed by atoms with E-state index in [1.54, 1.807) is 4.90 Å². The molecule has 0 bridgehead atoms.